The summed E-state index contributed by atoms with van der Waals surface area (Å²) in [6.07, 6.45) is 0. The maximum absolute atomic E-state index is 5.20. The van der Waals surface area contributed by atoms with Crippen LogP contribution >= 0.6 is 11.3 Å². The summed E-state index contributed by atoms with van der Waals surface area (Å²) >= 11 is 1.83. The third-order valence-electron chi connectivity index (χ3n) is 10.5. The van der Waals surface area contributed by atoms with Gasteiger partial charge in [0, 0.05) is 36.9 Å². The van der Waals surface area contributed by atoms with E-state index in [-0.39, 0.29) is 0 Å². The van der Waals surface area contributed by atoms with Crippen molar-refractivity contribution in [3.05, 3.63) is 176 Å². The molecule has 0 N–H and O–H groups in total. The second-order valence-electron chi connectivity index (χ2n) is 13.6. The van der Waals surface area contributed by atoms with Crippen LogP contribution < -0.4 is 0 Å². The summed E-state index contributed by atoms with van der Waals surface area (Å²) in [5.74, 6) is 1.98. The van der Waals surface area contributed by atoms with Crippen LogP contribution in [-0.2, 0) is 0 Å². The minimum atomic E-state index is 0.652. The van der Waals surface area contributed by atoms with Crippen molar-refractivity contribution < 1.29 is 0 Å². The third kappa shape index (κ3) is 4.91. The molecule has 2 aromatic heterocycles. The number of benzene rings is 8. The molecule has 0 bridgehead atoms. The van der Waals surface area contributed by atoms with Gasteiger partial charge in [-0.1, -0.05) is 158 Å². The summed E-state index contributed by atoms with van der Waals surface area (Å²) in [7, 11) is 0. The largest absolute Gasteiger partial charge is 0.208 e. The van der Waals surface area contributed by atoms with E-state index in [1.807, 2.05) is 35.6 Å². The molecule has 0 atom stereocenters. The van der Waals surface area contributed by atoms with Gasteiger partial charge in [0.25, 0.3) is 0 Å². The van der Waals surface area contributed by atoms with E-state index < -0.39 is 0 Å². The number of hydrogen-bond donors (Lipinski definition) is 0. The van der Waals surface area contributed by atoms with Crippen molar-refractivity contribution in [1.82, 2.24) is 15.0 Å². The number of nitrogens with zero attached hydrogens (tertiary/aromatic N) is 3. The summed E-state index contributed by atoms with van der Waals surface area (Å²) in [6.45, 7) is 0. The molecule has 11 rings (SSSR count). The molecule has 53 heavy (non-hydrogen) atoms. The van der Waals surface area contributed by atoms with Crippen LogP contribution in [0.2, 0.25) is 0 Å². The normalized spacial score (nSPS) is 11.8. The topological polar surface area (TPSA) is 38.7 Å². The quantitative estimate of drug-likeness (QED) is 0.180. The Bertz CT molecular complexity index is 3020. The predicted octanol–water partition coefficient (Wildman–Crippen LogP) is 13.4. The van der Waals surface area contributed by atoms with Gasteiger partial charge in [0.05, 0.1) is 0 Å². The molecule has 1 aliphatic carbocycles. The van der Waals surface area contributed by atoms with Crippen LogP contribution in [0.25, 0.3) is 110 Å². The highest BCUT2D eigenvalue weighted by molar-refractivity contribution is 7.26. The molecule has 4 heteroatoms. The summed E-state index contributed by atoms with van der Waals surface area (Å²) in [5.41, 5.74) is 12.9. The fraction of sp³-hybridized carbons (Fsp3) is 0. The van der Waals surface area contributed by atoms with Crippen molar-refractivity contribution in [2.45, 2.75) is 0 Å². The number of fused-ring (bicyclic) bond motifs is 6. The smallest absolute Gasteiger partial charge is 0.164 e. The fourth-order valence-electron chi connectivity index (χ4n) is 7.93. The van der Waals surface area contributed by atoms with Gasteiger partial charge in [-0.15, -0.1) is 11.3 Å². The zero-order valence-electron chi connectivity index (χ0n) is 28.5. The van der Waals surface area contributed by atoms with Gasteiger partial charge in [-0.05, 0) is 73.5 Å². The third-order valence-corrected chi connectivity index (χ3v) is 11.6. The SMILES string of the molecule is c1ccc(-c2ccc(-c3ccc(-c4nc(-c5ccccc5)nc(-c5cccc6sc7cc8c(cc7c56)-c5cccc6cccc-8c56)n4)cc3)cc2)cc1. The zero-order chi connectivity index (χ0) is 34.9. The molecular formula is C49H29N3S. The molecule has 2 heterocycles. The van der Waals surface area contributed by atoms with Gasteiger partial charge in [-0.2, -0.15) is 0 Å². The molecule has 0 radical (unpaired) electrons. The summed E-state index contributed by atoms with van der Waals surface area (Å²) in [4.78, 5) is 15.4. The van der Waals surface area contributed by atoms with E-state index in [1.54, 1.807) is 0 Å². The first-order valence-corrected chi connectivity index (χ1v) is 18.7. The van der Waals surface area contributed by atoms with Crippen molar-refractivity contribution in [2.75, 3.05) is 0 Å². The van der Waals surface area contributed by atoms with Crippen LogP contribution in [0.15, 0.2) is 176 Å². The fourth-order valence-corrected chi connectivity index (χ4v) is 9.09. The van der Waals surface area contributed by atoms with Crippen molar-refractivity contribution in [2.24, 2.45) is 0 Å². The van der Waals surface area contributed by atoms with Crippen molar-refractivity contribution in [3.8, 4) is 78.7 Å². The van der Waals surface area contributed by atoms with Crippen LogP contribution in [0.4, 0.5) is 0 Å². The first-order chi connectivity index (χ1) is 26.2. The monoisotopic (exact) mass is 691 g/mol. The van der Waals surface area contributed by atoms with E-state index in [0.29, 0.717) is 17.5 Å². The molecule has 1 aliphatic rings. The highest BCUT2D eigenvalue weighted by Gasteiger charge is 2.24. The molecule has 246 valence electrons. The lowest BCUT2D eigenvalue weighted by Crippen LogP contribution is -2.00. The molecule has 10 aromatic rings. The Morgan fingerprint density at radius 2 is 0.774 bits per heavy atom. The Balaban J connectivity index is 1.04. The molecule has 0 fully saturated rings. The average molecular weight is 692 g/mol. The first kappa shape index (κ1) is 29.9. The van der Waals surface area contributed by atoms with Crippen molar-refractivity contribution in [3.63, 3.8) is 0 Å². The predicted molar refractivity (Wildman–Crippen MR) is 222 cm³/mol. The van der Waals surface area contributed by atoms with E-state index in [2.05, 4.69) is 152 Å². The second kappa shape index (κ2) is 11.9. The molecule has 0 aliphatic heterocycles. The Hall–Kier alpha value is -6.75. The van der Waals surface area contributed by atoms with Gasteiger partial charge in [0.15, 0.2) is 17.5 Å². The van der Waals surface area contributed by atoms with Crippen LogP contribution in [-0.4, -0.2) is 15.0 Å². The lowest BCUT2D eigenvalue weighted by molar-refractivity contribution is 1.08. The Morgan fingerprint density at radius 1 is 0.302 bits per heavy atom. The van der Waals surface area contributed by atoms with E-state index in [1.165, 1.54) is 69.9 Å². The Kier molecular flexibility index (Phi) is 6.73. The molecule has 3 nitrogen and oxygen atoms in total. The molecule has 0 amide bonds. The average Bonchev–Trinajstić information content (AvgIpc) is 3.76. The molecule has 0 saturated carbocycles. The number of aromatic nitrogens is 3. The van der Waals surface area contributed by atoms with Crippen LogP contribution in [0.1, 0.15) is 0 Å². The molecule has 0 spiro atoms. The van der Waals surface area contributed by atoms with Crippen molar-refractivity contribution in [1.29, 1.82) is 0 Å². The zero-order valence-corrected chi connectivity index (χ0v) is 29.3. The maximum atomic E-state index is 5.20. The van der Waals surface area contributed by atoms with E-state index in [9.17, 15) is 0 Å². The van der Waals surface area contributed by atoms with Gasteiger partial charge in [-0.25, -0.2) is 15.0 Å². The van der Waals surface area contributed by atoms with Gasteiger partial charge in [0.2, 0.25) is 0 Å². The number of hydrogen-bond acceptors (Lipinski definition) is 4. The lowest BCUT2D eigenvalue weighted by atomic mass is 9.99. The molecule has 0 saturated heterocycles. The second-order valence-corrected chi connectivity index (χ2v) is 14.7. The highest BCUT2D eigenvalue weighted by Crippen LogP contribution is 2.51. The minimum Gasteiger partial charge on any atom is -0.208 e. The standard InChI is InChI=1S/C49H29N3S/c1-3-10-30(11-4-1)31-20-22-32(23-21-31)33-24-26-36(27-25-33)48-50-47(35-12-5-2-6-13-35)51-49(52-48)39-18-9-19-43-46(39)42-28-40-37-16-7-14-34-15-8-17-38(45(34)37)41(40)29-44(42)53-43/h1-29H. The van der Waals surface area contributed by atoms with E-state index in [0.717, 1.165) is 22.3 Å². The van der Waals surface area contributed by atoms with Crippen LogP contribution in [0, 0.1) is 0 Å². The molecule has 8 aromatic carbocycles. The highest BCUT2D eigenvalue weighted by atomic mass is 32.1. The lowest BCUT2D eigenvalue weighted by Gasteiger charge is -2.10. The molecular weight excluding hydrogens is 663 g/mol. The van der Waals surface area contributed by atoms with E-state index in [4.69, 9.17) is 15.0 Å². The number of rotatable bonds is 5. The van der Waals surface area contributed by atoms with Gasteiger partial charge in [-0.3, -0.25) is 0 Å². The van der Waals surface area contributed by atoms with Gasteiger partial charge < -0.3 is 0 Å². The van der Waals surface area contributed by atoms with E-state index >= 15 is 0 Å². The summed E-state index contributed by atoms with van der Waals surface area (Å²) in [6, 6.07) is 62.6. The van der Waals surface area contributed by atoms with Gasteiger partial charge >= 0.3 is 0 Å². The Morgan fingerprint density at radius 3 is 1.40 bits per heavy atom. The summed E-state index contributed by atoms with van der Waals surface area (Å²) in [5, 5.41) is 5.04. The van der Waals surface area contributed by atoms with Gasteiger partial charge in [0.1, 0.15) is 0 Å². The first-order valence-electron chi connectivity index (χ1n) is 17.9. The van der Waals surface area contributed by atoms with Crippen molar-refractivity contribution >= 4 is 42.3 Å². The molecule has 0 unspecified atom stereocenters. The minimum absolute atomic E-state index is 0.652. The summed E-state index contributed by atoms with van der Waals surface area (Å²) < 4.78 is 2.49. The maximum Gasteiger partial charge on any atom is 0.164 e. The van der Waals surface area contributed by atoms with Crippen LogP contribution in [0.5, 0.6) is 0 Å². The Labute approximate surface area is 310 Å². The van der Waals surface area contributed by atoms with Crippen LogP contribution in [0.3, 0.4) is 0 Å². The number of thiophene rings is 1.